The van der Waals surface area contributed by atoms with E-state index < -0.39 is 10.4 Å². The number of nitrogens with zero attached hydrogens (tertiary/aromatic N) is 4. The molecule has 9 heteroatoms. The zero-order valence-electron chi connectivity index (χ0n) is 17.5. The molecule has 158 valence electrons. The summed E-state index contributed by atoms with van der Waals surface area (Å²) in [5, 5.41) is 3.81. The molecule has 0 saturated carbocycles. The molecule has 0 fully saturated rings. The van der Waals surface area contributed by atoms with Crippen LogP contribution in [-0.2, 0) is 27.5 Å². The summed E-state index contributed by atoms with van der Waals surface area (Å²) in [7, 11) is -2.08. The maximum absolute atomic E-state index is 13.3. The number of hydrogen-bond donors (Lipinski definition) is 0. The lowest BCUT2D eigenvalue weighted by Crippen LogP contribution is -2.38. The largest absolute Gasteiger partial charge is 0.593 e. The summed E-state index contributed by atoms with van der Waals surface area (Å²) in [6.07, 6.45) is 1.05. The normalized spacial score (nSPS) is 16.6. The lowest BCUT2D eigenvalue weighted by atomic mass is 10.0. The van der Waals surface area contributed by atoms with Crippen molar-refractivity contribution in [2.75, 3.05) is 20.2 Å². The summed E-state index contributed by atoms with van der Waals surface area (Å²) in [6, 6.07) is 7.71. The summed E-state index contributed by atoms with van der Waals surface area (Å²) in [4.78, 5) is 9.45. The first-order valence-electron chi connectivity index (χ1n) is 9.75. The molecule has 0 saturated heterocycles. The lowest BCUT2D eigenvalue weighted by molar-refractivity contribution is 0.358. The minimum absolute atomic E-state index is 0.158. The number of hydrogen-bond acceptors (Lipinski definition) is 7. The Balaban J connectivity index is 1.69. The van der Waals surface area contributed by atoms with E-state index in [-0.39, 0.29) is 4.90 Å². The second kappa shape index (κ2) is 7.90. The van der Waals surface area contributed by atoms with Gasteiger partial charge in [-0.15, -0.1) is 4.31 Å². The van der Waals surface area contributed by atoms with Gasteiger partial charge in [0.2, 0.25) is 4.90 Å². The molecule has 3 aromatic rings. The van der Waals surface area contributed by atoms with Gasteiger partial charge in [-0.25, -0.2) is 9.97 Å². The molecule has 1 atom stereocenters. The number of aryl methyl sites for hydroxylation is 3. The molecule has 1 aliphatic rings. The van der Waals surface area contributed by atoms with E-state index in [9.17, 15) is 8.76 Å². The Morgan fingerprint density at radius 3 is 2.43 bits per heavy atom. The zero-order valence-corrected chi connectivity index (χ0v) is 18.3. The standard InChI is InChI=1S/C21H24N4O4S/c1-13-21(14(2)29-24-13)30(26,27)25-11-9-18-19(10-12-25)22-15(3)23-20(18)16-5-7-17(28-4)8-6-16/h5-8H,9-12H2,1-4H3. The van der Waals surface area contributed by atoms with E-state index in [1.165, 1.54) is 4.31 Å². The fraction of sp³-hybridized carbons (Fsp3) is 0.381. The van der Waals surface area contributed by atoms with E-state index in [0.717, 1.165) is 28.3 Å². The first-order chi connectivity index (χ1) is 14.3. The van der Waals surface area contributed by atoms with Gasteiger partial charge in [-0.1, -0.05) is 9.37 Å². The van der Waals surface area contributed by atoms with Crippen LogP contribution in [0.2, 0.25) is 0 Å². The number of fused-ring (bicyclic) bond motifs is 1. The Kier molecular flexibility index (Phi) is 5.44. The van der Waals surface area contributed by atoms with Gasteiger partial charge in [-0.3, -0.25) is 0 Å². The number of sulfonamides is 1. The van der Waals surface area contributed by atoms with Crippen molar-refractivity contribution in [2.24, 2.45) is 0 Å². The molecule has 1 aliphatic heterocycles. The summed E-state index contributed by atoms with van der Waals surface area (Å²) in [5.74, 6) is 1.75. The van der Waals surface area contributed by atoms with Crippen LogP contribution in [0.15, 0.2) is 33.7 Å². The van der Waals surface area contributed by atoms with Gasteiger partial charge in [-0.05, 0) is 44.5 Å². The smallest absolute Gasteiger partial charge is 0.240 e. The molecular formula is C21H24N4O4S. The van der Waals surface area contributed by atoms with E-state index in [1.54, 1.807) is 21.0 Å². The topological polar surface area (TPSA) is 104 Å². The highest BCUT2D eigenvalue weighted by atomic mass is 32.3. The minimum atomic E-state index is -3.71. The highest BCUT2D eigenvalue weighted by molar-refractivity contribution is 7.95. The van der Waals surface area contributed by atoms with E-state index in [0.29, 0.717) is 43.2 Å². The van der Waals surface area contributed by atoms with Crippen molar-refractivity contribution < 1.29 is 18.0 Å². The fourth-order valence-electron chi connectivity index (χ4n) is 3.90. The van der Waals surface area contributed by atoms with Gasteiger partial charge in [-0.2, -0.15) is 0 Å². The Hall–Kier alpha value is -2.62. The van der Waals surface area contributed by atoms with Crippen molar-refractivity contribution in [3.05, 3.63) is 52.8 Å². The molecule has 1 aromatic carbocycles. The second-order valence-electron chi connectivity index (χ2n) is 7.33. The molecule has 0 amide bonds. The van der Waals surface area contributed by atoms with Crippen molar-refractivity contribution in [1.82, 2.24) is 19.4 Å². The fourth-order valence-corrected chi connectivity index (χ4v) is 5.63. The van der Waals surface area contributed by atoms with Crippen LogP contribution in [0.4, 0.5) is 0 Å². The van der Waals surface area contributed by atoms with Crippen molar-refractivity contribution in [1.29, 1.82) is 0 Å². The van der Waals surface area contributed by atoms with Gasteiger partial charge >= 0.3 is 0 Å². The highest BCUT2D eigenvalue weighted by Gasteiger charge is 2.38. The van der Waals surface area contributed by atoms with Gasteiger partial charge < -0.3 is 13.8 Å². The number of benzene rings is 1. The van der Waals surface area contributed by atoms with Crippen molar-refractivity contribution >= 4 is 10.4 Å². The van der Waals surface area contributed by atoms with E-state index in [2.05, 4.69) is 15.1 Å². The predicted octanol–water partition coefficient (Wildman–Crippen LogP) is 3.07. The number of methoxy groups -OCH3 is 1. The molecule has 8 nitrogen and oxygen atoms in total. The van der Waals surface area contributed by atoms with Crippen LogP contribution in [0.1, 0.15) is 28.5 Å². The van der Waals surface area contributed by atoms with E-state index >= 15 is 0 Å². The van der Waals surface area contributed by atoms with Crippen LogP contribution >= 0.6 is 0 Å². The van der Waals surface area contributed by atoms with E-state index in [1.807, 2.05) is 31.2 Å². The second-order valence-corrected chi connectivity index (χ2v) is 9.21. The molecular weight excluding hydrogens is 404 g/mol. The summed E-state index contributed by atoms with van der Waals surface area (Å²) in [5.41, 5.74) is 4.06. The number of ether oxygens (including phenoxy) is 1. The third kappa shape index (κ3) is 3.64. The van der Waals surface area contributed by atoms with Crippen LogP contribution in [0, 0.1) is 20.8 Å². The average Bonchev–Trinajstić information content (AvgIpc) is 2.93. The first-order valence-corrected chi connectivity index (χ1v) is 11.2. The van der Waals surface area contributed by atoms with Gasteiger partial charge in [0.05, 0.1) is 12.8 Å². The van der Waals surface area contributed by atoms with Crippen molar-refractivity contribution in [3.63, 3.8) is 0 Å². The zero-order chi connectivity index (χ0) is 21.5. The predicted molar refractivity (Wildman–Crippen MR) is 111 cm³/mol. The lowest BCUT2D eigenvalue weighted by Gasteiger charge is -2.25. The molecule has 3 heterocycles. The minimum Gasteiger partial charge on any atom is -0.593 e. The van der Waals surface area contributed by atoms with Gasteiger partial charge in [0.15, 0.2) is 16.2 Å². The van der Waals surface area contributed by atoms with Crippen LogP contribution in [-0.4, -0.2) is 44.2 Å². The Bertz CT molecular complexity index is 1110. The summed E-state index contributed by atoms with van der Waals surface area (Å²) >= 11 is 0. The van der Waals surface area contributed by atoms with Gasteiger partial charge in [0.1, 0.15) is 17.3 Å². The van der Waals surface area contributed by atoms with Crippen molar-refractivity contribution in [3.8, 4) is 17.0 Å². The first kappa shape index (κ1) is 20.6. The van der Waals surface area contributed by atoms with Crippen LogP contribution in [0.5, 0.6) is 5.75 Å². The maximum Gasteiger partial charge on any atom is 0.240 e. The number of rotatable bonds is 4. The average molecular weight is 429 g/mol. The summed E-state index contributed by atoms with van der Waals surface area (Å²) in [6.45, 7) is 5.81. The SMILES string of the molecule is COc1ccc(-c2nc(C)nc3c2CCN([S+](=O)([O-])c2c(C)noc2C)CC3)cc1. The molecule has 0 N–H and O–H groups in total. The van der Waals surface area contributed by atoms with Crippen LogP contribution in [0.3, 0.4) is 0 Å². The Morgan fingerprint density at radius 1 is 1.10 bits per heavy atom. The molecule has 0 spiro atoms. The monoisotopic (exact) mass is 428 g/mol. The Morgan fingerprint density at radius 2 is 1.80 bits per heavy atom. The van der Waals surface area contributed by atoms with Crippen molar-refractivity contribution in [2.45, 2.75) is 38.5 Å². The third-order valence-corrected chi connectivity index (χ3v) is 7.49. The van der Waals surface area contributed by atoms with Crippen LogP contribution in [0.25, 0.3) is 11.3 Å². The molecule has 1 unspecified atom stereocenters. The van der Waals surface area contributed by atoms with E-state index in [4.69, 9.17) is 9.26 Å². The molecule has 30 heavy (non-hydrogen) atoms. The molecule has 0 aliphatic carbocycles. The molecule has 4 rings (SSSR count). The quantitative estimate of drug-likeness (QED) is 0.588. The van der Waals surface area contributed by atoms with Crippen LogP contribution < -0.4 is 4.74 Å². The molecule has 2 aromatic heterocycles. The van der Waals surface area contributed by atoms with Gasteiger partial charge in [0, 0.05) is 43.3 Å². The third-order valence-electron chi connectivity index (χ3n) is 5.34. The molecule has 0 bridgehead atoms. The van der Waals surface area contributed by atoms with Gasteiger partial charge in [0.25, 0.3) is 0 Å². The maximum atomic E-state index is 13.3. The summed E-state index contributed by atoms with van der Waals surface area (Å²) < 4.78 is 38.4. The Labute approximate surface area is 176 Å². The number of aromatic nitrogens is 3. The highest BCUT2D eigenvalue weighted by Crippen LogP contribution is 2.32. The molecule has 0 radical (unpaired) electrons.